The first-order chi connectivity index (χ1) is 15.5. The Kier molecular flexibility index (Phi) is 6.07. The lowest BCUT2D eigenvalue weighted by Crippen LogP contribution is -2.37. The maximum Gasteiger partial charge on any atom is 0.339 e. The predicted molar refractivity (Wildman–Crippen MR) is 113 cm³/mol. The van der Waals surface area contributed by atoms with Crippen LogP contribution in [0.15, 0.2) is 91.0 Å². The molecule has 0 N–H and O–H groups in total. The van der Waals surface area contributed by atoms with Gasteiger partial charge in [-0.15, -0.1) is 0 Å². The van der Waals surface area contributed by atoms with Gasteiger partial charge in [-0.25, -0.2) is 9.59 Å². The van der Waals surface area contributed by atoms with Gasteiger partial charge in [0.25, 0.3) is 11.8 Å². The molecule has 2 amide bonds. The number of nitrogens with zero attached hydrogens (tertiary/aromatic N) is 1. The van der Waals surface area contributed by atoms with Crippen molar-refractivity contribution in [2.24, 2.45) is 0 Å². The van der Waals surface area contributed by atoms with Crippen molar-refractivity contribution >= 4 is 23.8 Å². The first-order valence-electron chi connectivity index (χ1n) is 9.96. The van der Waals surface area contributed by atoms with Crippen molar-refractivity contribution in [3.05, 3.63) is 108 Å². The number of hydrogen-bond acceptors (Lipinski definition) is 6. The molecule has 32 heavy (non-hydrogen) atoms. The number of carbonyl (C=O) groups excluding carboxylic acids is 4. The summed E-state index contributed by atoms with van der Waals surface area (Å²) in [6.07, 6.45) is -3.15. The molecule has 0 bridgehead atoms. The molecule has 0 radical (unpaired) electrons. The molecule has 0 unspecified atom stereocenters. The summed E-state index contributed by atoms with van der Waals surface area (Å²) in [5, 5.41) is 0. The average molecular weight is 429 g/mol. The van der Waals surface area contributed by atoms with Gasteiger partial charge in [-0.2, -0.15) is 0 Å². The normalized spacial score (nSPS) is 17.8. The summed E-state index contributed by atoms with van der Waals surface area (Å²) in [4.78, 5) is 52.2. The Hall–Kier alpha value is -4.26. The Balaban J connectivity index is 1.60. The van der Waals surface area contributed by atoms with E-state index in [1.54, 1.807) is 60.7 Å². The number of rotatable bonds is 6. The molecule has 7 heteroatoms. The lowest BCUT2D eigenvalue weighted by atomic mass is 10.2. The van der Waals surface area contributed by atoms with Gasteiger partial charge in [0.15, 0.2) is 0 Å². The zero-order valence-electron chi connectivity index (χ0n) is 16.9. The fraction of sp³-hybridized carbons (Fsp3) is 0.120. The van der Waals surface area contributed by atoms with Crippen molar-refractivity contribution in [1.82, 2.24) is 4.90 Å². The van der Waals surface area contributed by atoms with Gasteiger partial charge in [-0.1, -0.05) is 66.7 Å². The van der Waals surface area contributed by atoms with Crippen LogP contribution in [0.4, 0.5) is 0 Å². The van der Waals surface area contributed by atoms with Gasteiger partial charge in [0.1, 0.15) is 0 Å². The van der Waals surface area contributed by atoms with Crippen LogP contribution in [0.25, 0.3) is 0 Å². The fourth-order valence-electron chi connectivity index (χ4n) is 3.34. The fourth-order valence-corrected chi connectivity index (χ4v) is 3.34. The van der Waals surface area contributed by atoms with E-state index < -0.39 is 36.0 Å². The molecule has 2 atom stereocenters. The van der Waals surface area contributed by atoms with Gasteiger partial charge in [0.05, 0.1) is 17.7 Å². The highest BCUT2D eigenvalue weighted by Gasteiger charge is 2.52. The van der Waals surface area contributed by atoms with E-state index in [-0.39, 0.29) is 17.7 Å². The molecule has 3 aromatic carbocycles. The van der Waals surface area contributed by atoms with Crippen LogP contribution in [0.5, 0.6) is 0 Å². The lowest BCUT2D eigenvalue weighted by molar-refractivity contribution is -0.142. The third kappa shape index (κ3) is 4.41. The molecule has 7 nitrogen and oxygen atoms in total. The second-order valence-corrected chi connectivity index (χ2v) is 7.13. The molecule has 1 aliphatic rings. The number of hydrogen-bond donors (Lipinski definition) is 0. The maximum atomic E-state index is 13.1. The van der Waals surface area contributed by atoms with E-state index in [1.807, 2.05) is 6.07 Å². The number of benzene rings is 3. The Bertz CT molecular complexity index is 1060. The second kappa shape index (κ2) is 9.26. The smallest absolute Gasteiger partial charge is 0.339 e. The van der Waals surface area contributed by atoms with Gasteiger partial charge >= 0.3 is 11.9 Å². The highest BCUT2D eigenvalue weighted by Crippen LogP contribution is 2.24. The van der Waals surface area contributed by atoms with E-state index in [9.17, 15) is 19.2 Å². The zero-order valence-corrected chi connectivity index (χ0v) is 16.9. The van der Waals surface area contributed by atoms with E-state index >= 15 is 0 Å². The maximum absolute atomic E-state index is 13.1. The van der Waals surface area contributed by atoms with Crippen LogP contribution in [0.2, 0.25) is 0 Å². The zero-order chi connectivity index (χ0) is 22.5. The van der Waals surface area contributed by atoms with Crippen molar-refractivity contribution in [2.45, 2.75) is 18.8 Å². The number of ether oxygens (including phenoxy) is 2. The van der Waals surface area contributed by atoms with Crippen molar-refractivity contribution in [2.75, 3.05) is 0 Å². The van der Waals surface area contributed by atoms with Crippen LogP contribution in [0.1, 0.15) is 26.3 Å². The second-order valence-electron chi connectivity index (χ2n) is 7.13. The molecular weight excluding hydrogens is 410 g/mol. The Morgan fingerprint density at radius 1 is 0.625 bits per heavy atom. The molecule has 1 fully saturated rings. The lowest BCUT2D eigenvalue weighted by Gasteiger charge is -2.16. The minimum atomic E-state index is -1.58. The molecule has 1 heterocycles. The van der Waals surface area contributed by atoms with Crippen LogP contribution in [0.3, 0.4) is 0 Å². The Morgan fingerprint density at radius 2 is 1.00 bits per heavy atom. The SMILES string of the molecule is O=C(O[C@H]1C(=O)N(Cc2ccccc2)C(=O)[C@@H]1OC(=O)c1ccccc1)c1ccccc1. The third-order valence-corrected chi connectivity index (χ3v) is 4.96. The molecule has 0 aromatic heterocycles. The summed E-state index contributed by atoms with van der Waals surface area (Å²) < 4.78 is 10.7. The van der Waals surface area contributed by atoms with E-state index in [2.05, 4.69) is 0 Å². The first kappa shape index (κ1) is 21.0. The van der Waals surface area contributed by atoms with Crippen molar-refractivity contribution < 1.29 is 28.7 Å². The summed E-state index contributed by atoms with van der Waals surface area (Å²) in [5.41, 5.74) is 1.13. The van der Waals surface area contributed by atoms with E-state index in [0.29, 0.717) is 5.56 Å². The Labute approximate surface area is 184 Å². The number of carbonyl (C=O) groups is 4. The topological polar surface area (TPSA) is 90.0 Å². The predicted octanol–water partition coefficient (Wildman–Crippen LogP) is 3.01. The van der Waals surface area contributed by atoms with Crippen LogP contribution in [-0.2, 0) is 25.6 Å². The molecule has 160 valence electrons. The first-order valence-corrected chi connectivity index (χ1v) is 9.96. The van der Waals surface area contributed by atoms with Crippen LogP contribution >= 0.6 is 0 Å². The molecular formula is C25H19NO6. The number of imide groups is 1. The summed E-state index contributed by atoms with van der Waals surface area (Å²) in [6, 6.07) is 25.0. The molecule has 1 saturated heterocycles. The monoisotopic (exact) mass is 429 g/mol. The molecule has 3 aromatic rings. The number of esters is 2. The molecule has 0 aliphatic carbocycles. The largest absolute Gasteiger partial charge is 0.444 e. The van der Waals surface area contributed by atoms with Crippen LogP contribution < -0.4 is 0 Å². The summed E-state index contributed by atoms with van der Waals surface area (Å²) in [7, 11) is 0. The van der Waals surface area contributed by atoms with E-state index in [0.717, 1.165) is 4.90 Å². The number of likely N-dealkylation sites (tertiary alicyclic amines) is 1. The quantitative estimate of drug-likeness (QED) is 0.442. The summed E-state index contributed by atoms with van der Waals surface area (Å²) >= 11 is 0. The number of amides is 2. The van der Waals surface area contributed by atoms with Gasteiger partial charge < -0.3 is 9.47 Å². The molecule has 1 aliphatic heterocycles. The van der Waals surface area contributed by atoms with Gasteiger partial charge in [0, 0.05) is 0 Å². The van der Waals surface area contributed by atoms with Crippen molar-refractivity contribution in [3.8, 4) is 0 Å². The highest BCUT2D eigenvalue weighted by molar-refractivity contribution is 6.10. The minimum Gasteiger partial charge on any atom is -0.444 e. The van der Waals surface area contributed by atoms with Gasteiger partial charge in [-0.3, -0.25) is 14.5 Å². The molecule has 0 saturated carbocycles. The standard InChI is InChI=1S/C25H19NO6/c27-22-20(31-24(29)18-12-6-2-7-13-18)21(32-25(30)19-14-8-3-9-15-19)23(28)26(22)16-17-10-4-1-5-11-17/h1-15,20-21H,16H2/t20-,21-/m1/s1. The summed E-state index contributed by atoms with van der Waals surface area (Å²) in [5.74, 6) is -3.07. The van der Waals surface area contributed by atoms with Crippen molar-refractivity contribution in [3.63, 3.8) is 0 Å². The van der Waals surface area contributed by atoms with Crippen LogP contribution in [-0.4, -0.2) is 40.9 Å². The summed E-state index contributed by atoms with van der Waals surface area (Å²) in [6.45, 7) is -0.0305. The average Bonchev–Trinajstić information content (AvgIpc) is 3.05. The Morgan fingerprint density at radius 3 is 1.41 bits per heavy atom. The molecule has 0 spiro atoms. The van der Waals surface area contributed by atoms with Gasteiger partial charge in [0.2, 0.25) is 12.2 Å². The van der Waals surface area contributed by atoms with Gasteiger partial charge in [-0.05, 0) is 29.8 Å². The van der Waals surface area contributed by atoms with E-state index in [4.69, 9.17) is 9.47 Å². The third-order valence-electron chi connectivity index (χ3n) is 4.96. The minimum absolute atomic E-state index is 0.0305. The van der Waals surface area contributed by atoms with Crippen LogP contribution in [0, 0.1) is 0 Å². The highest BCUT2D eigenvalue weighted by atomic mass is 16.6. The van der Waals surface area contributed by atoms with E-state index in [1.165, 1.54) is 24.3 Å². The molecule has 4 rings (SSSR count). The van der Waals surface area contributed by atoms with Crippen molar-refractivity contribution in [1.29, 1.82) is 0 Å².